The average molecular weight is 419 g/mol. The lowest BCUT2D eigenvalue weighted by Gasteiger charge is -2.39. The van der Waals surface area contributed by atoms with Crippen molar-refractivity contribution < 1.29 is 13.2 Å². The quantitative estimate of drug-likeness (QED) is 0.505. The zero-order valence-electron chi connectivity index (χ0n) is 15.7. The van der Waals surface area contributed by atoms with Crippen molar-refractivity contribution in [2.75, 3.05) is 65.2 Å². The summed E-state index contributed by atoms with van der Waals surface area (Å²) in [5, 5.41) is 11.9. The molecule has 0 unspecified atom stereocenters. The molecule has 3 rings (SSSR count). The summed E-state index contributed by atoms with van der Waals surface area (Å²) in [6.07, 6.45) is 0.378. The van der Waals surface area contributed by atoms with Crippen molar-refractivity contribution in [3.8, 4) is 0 Å². The monoisotopic (exact) mass is 418 g/mol. The van der Waals surface area contributed by atoms with E-state index in [9.17, 15) is 13.2 Å². The van der Waals surface area contributed by atoms with Crippen molar-refractivity contribution in [2.45, 2.75) is 11.6 Å². The summed E-state index contributed by atoms with van der Waals surface area (Å²) in [5.74, 6) is 0.626. The molecule has 13 heteroatoms. The zero-order valence-corrected chi connectivity index (χ0v) is 17.3. The fourth-order valence-electron chi connectivity index (χ4n) is 3.08. The number of carbonyl (C=O) groups excluding carboxylic acids is 1. The van der Waals surface area contributed by atoms with Gasteiger partial charge in [0.1, 0.15) is 0 Å². The predicted octanol–water partition coefficient (Wildman–Crippen LogP) is -1.67. The van der Waals surface area contributed by atoms with Crippen LogP contribution in [0.2, 0.25) is 0 Å². The third kappa shape index (κ3) is 4.96. The molecule has 0 spiro atoms. The van der Waals surface area contributed by atoms with E-state index in [1.807, 2.05) is 7.05 Å². The maximum atomic E-state index is 12.8. The number of likely N-dealkylation sites (N-methyl/N-ethyl adjacent to an activating group) is 1. The lowest BCUT2D eigenvalue weighted by Crippen LogP contribution is -2.57. The van der Waals surface area contributed by atoms with Gasteiger partial charge in [-0.2, -0.15) is 17.0 Å². The number of hydrogen-bond acceptors (Lipinski definition) is 8. The zero-order chi connectivity index (χ0) is 19.4. The molecule has 1 aromatic rings. The third-order valence-electron chi connectivity index (χ3n) is 4.83. The molecule has 2 aliphatic rings. The Kier molecular flexibility index (Phi) is 6.68. The molecule has 0 radical (unpaired) electrons. The molecule has 0 bridgehead atoms. The van der Waals surface area contributed by atoms with Gasteiger partial charge in [0.15, 0.2) is 0 Å². The molecule has 0 aliphatic carbocycles. The second-order valence-corrected chi connectivity index (χ2v) is 9.66. The highest BCUT2D eigenvalue weighted by molar-refractivity contribution is 7.99. The summed E-state index contributed by atoms with van der Waals surface area (Å²) in [7, 11) is 0.312. The van der Waals surface area contributed by atoms with E-state index < -0.39 is 10.2 Å². The largest absolute Gasteiger partial charge is 0.340 e. The van der Waals surface area contributed by atoms with Crippen LogP contribution in [0.15, 0.2) is 5.16 Å². The molecule has 27 heavy (non-hydrogen) atoms. The lowest BCUT2D eigenvalue weighted by atomic mass is 10.3. The summed E-state index contributed by atoms with van der Waals surface area (Å²) in [4.78, 5) is 16.2. The Balaban J connectivity index is 1.44. The number of aryl methyl sites for hydroxylation is 1. The second kappa shape index (κ2) is 8.82. The molecule has 0 saturated carbocycles. The minimum Gasteiger partial charge on any atom is -0.340 e. The highest BCUT2D eigenvalue weighted by Crippen LogP contribution is 2.17. The molecule has 2 fully saturated rings. The van der Waals surface area contributed by atoms with E-state index in [0.717, 1.165) is 13.1 Å². The van der Waals surface area contributed by atoms with E-state index >= 15 is 0 Å². The standard InChI is InChI=1S/C14H26N8O3S2/c1-18-4-8-21(9-5-18)27(24,25)22-10-6-20(7-11-22)13(23)3-12-26-14-15-16-17-19(14)2/h3-12H2,1-2H3. The van der Waals surface area contributed by atoms with Crippen molar-refractivity contribution in [3.63, 3.8) is 0 Å². The van der Waals surface area contributed by atoms with Gasteiger partial charge in [0.25, 0.3) is 10.2 Å². The Morgan fingerprint density at radius 3 is 2.15 bits per heavy atom. The Morgan fingerprint density at radius 1 is 1.00 bits per heavy atom. The van der Waals surface area contributed by atoms with E-state index in [1.165, 1.54) is 16.1 Å². The topological polar surface area (TPSA) is 108 Å². The van der Waals surface area contributed by atoms with E-state index in [0.29, 0.717) is 56.6 Å². The molecule has 1 aromatic heterocycles. The van der Waals surface area contributed by atoms with Gasteiger partial charge in [0, 0.05) is 71.6 Å². The van der Waals surface area contributed by atoms with Crippen LogP contribution >= 0.6 is 11.8 Å². The van der Waals surface area contributed by atoms with Gasteiger partial charge in [-0.05, 0) is 17.5 Å². The summed E-state index contributed by atoms with van der Waals surface area (Å²) >= 11 is 1.43. The van der Waals surface area contributed by atoms with Gasteiger partial charge in [-0.3, -0.25) is 4.79 Å². The number of nitrogens with zero attached hydrogens (tertiary/aromatic N) is 8. The number of carbonyl (C=O) groups is 1. The van der Waals surface area contributed by atoms with Crippen LogP contribution in [0, 0.1) is 0 Å². The summed E-state index contributed by atoms with van der Waals surface area (Å²) < 4.78 is 30.1. The first-order valence-electron chi connectivity index (χ1n) is 8.94. The summed E-state index contributed by atoms with van der Waals surface area (Å²) in [5.41, 5.74) is 0. The molecule has 11 nitrogen and oxygen atoms in total. The van der Waals surface area contributed by atoms with Gasteiger partial charge >= 0.3 is 0 Å². The lowest BCUT2D eigenvalue weighted by molar-refractivity contribution is -0.131. The Hall–Kier alpha value is -1.28. The molecule has 3 heterocycles. The molecular formula is C14H26N8O3S2. The number of amides is 1. The average Bonchev–Trinajstić information content (AvgIpc) is 3.07. The van der Waals surface area contributed by atoms with Crippen molar-refractivity contribution in [2.24, 2.45) is 7.05 Å². The fourth-order valence-corrected chi connectivity index (χ4v) is 5.43. The molecule has 2 saturated heterocycles. The molecule has 152 valence electrons. The second-order valence-electron chi connectivity index (χ2n) is 6.67. The van der Waals surface area contributed by atoms with Crippen LogP contribution in [0.1, 0.15) is 6.42 Å². The maximum absolute atomic E-state index is 12.8. The first-order valence-corrected chi connectivity index (χ1v) is 11.3. The predicted molar refractivity (Wildman–Crippen MR) is 100 cm³/mol. The SMILES string of the molecule is CN1CCN(S(=O)(=O)N2CCN(C(=O)CCSc3nnnn3C)CC2)CC1. The normalized spacial score (nSPS) is 20.9. The molecular weight excluding hydrogens is 392 g/mol. The summed E-state index contributed by atoms with van der Waals surface area (Å²) in [6.45, 7) is 4.09. The first-order chi connectivity index (χ1) is 12.9. The molecule has 0 atom stereocenters. The Morgan fingerprint density at radius 2 is 1.59 bits per heavy atom. The van der Waals surface area contributed by atoms with Gasteiger partial charge in [-0.15, -0.1) is 5.10 Å². The number of tetrazole rings is 1. The highest BCUT2D eigenvalue weighted by Gasteiger charge is 2.34. The van der Waals surface area contributed by atoms with Crippen LogP contribution in [0.5, 0.6) is 0 Å². The van der Waals surface area contributed by atoms with Gasteiger partial charge in [-0.25, -0.2) is 4.68 Å². The smallest absolute Gasteiger partial charge is 0.282 e. The number of hydrogen-bond donors (Lipinski definition) is 0. The van der Waals surface area contributed by atoms with Crippen molar-refractivity contribution in [3.05, 3.63) is 0 Å². The van der Waals surface area contributed by atoms with Crippen LogP contribution in [-0.4, -0.2) is 118 Å². The highest BCUT2D eigenvalue weighted by atomic mass is 32.2. The molecule has 2 aliphatic heterocycles. The number of aromatic nitrogens is 4. The van der Waals surface area contributed by atoms with Crippen LogP contribution in [-0.2, 0) is 22.1 Å². The fraction of sp³-hybridized carbons (Fsp3) is 0.857. The van der Waals surface area contributed by atoms with Gasteiger partial charge in [0.2, 0.25) is 11.1 Å². The van der Waals surface area contributed by atoms with Gasteiger partial charge in [0.05, 0.1) is 0 Å². The van der Waals surface area contributed by atoms with Gasteiger partial charge in [-0.1, -0.05) is 11.8 Å². The van der Waals surface area contributed by atoms with Crippen molar-refractivity contribution in [1.82, 2.24) is 38.6 Å². The number of thioether (sulfide) groups is 1. The van der Waals surface area contributed by atoms with E-state index in [1.54, 1.807) is 20.9 Å². The number of piperazine rings is 2. The third-order valence-corrected chi connectivity index (χ3v) is 7.88. The Bertz CT molecular complexity index is 739. The van der Waals surface area contributed by atoms with E-state index in [-0.39, 0.29) is 5.91 Å². The van der Waals surface area contributed by atoms with Crippen molar-refractivity contribution in [1.29, 1.82) is 0 Å². The van der Waals surface area contributed by atoms with E-state index in [2.05, 4.69) is 20.4 Å². The van der Waals surface area contributed by atoms with Crippen LogP contribution in [0.4, 0.5) is 0 Å². The minimum absolute atomic E-state index is 0.0364. The number of rotatable bonds is 6. The maximum Gasteiger partial charge on any atom is 0.282 e. The first kappa shape index (κ1) is 20.5. The molecule has 1 amide bonds. The van der Waals surface area contributed by atoms with Crippen molar-refractivity contribution >= 4 is 27.9 Å². The van der Waals surface area contributed by atoms with Gasteiger partial charge < -0.3 is 9.80 Å². The van der Waals surface area contributed by atoms with Crippen LogP contribution < -0.4 is 0 Å². The Labute approximate surface area is 163 Å². The minimum atomic E-state index is -3.44. The van der Waals surface area contributed by atoms with Crippen LogP contribution in [0.25, 0.3) is 0 Å². The van der Waals surface area contributed by atoms with Crippen LogP contribution in [0.3, 0.4) is 0 Å². The molecule has 0 N–H and O–H groups in total. The summed E-state index contributed by atoms with van der Waals surface area (Å²) in [6, 6.07) is 0. The van der Waals surface area contributed by atoms with E-state index in [4.69, 9.17) is 0 Å². The molecule has 0 aromatic carbocycles.